The second-order valence-electron chi connectivity index (χ2n) is 2.83. The molecular weight excluding hydrogens is 140 g/mol. The van der Waals surface area contributed by atoms with Crippen molar-refractivity contribution in [3.05, 3.63) is 0 Å². The van der Waals surface area contributed by atoms with Crippen LogP contribution in [0, 0.1) is 17.2 Å². The molecule has 0 radical (unpaired) electrons. The SMILES string of the molecule is N#CCCNC(=O)C1CCC1. The van der Waals surface area contributed by atoms with Crippen LogP contribution < -0.4 is 5.32 Å². The molecule has 1 fully saturated rings. The lowest BCUT2D eigenvalue weighted by Crippen LogP contribution is -2.34. The van der Waals surface area contributed by atoms with Gasteiger partial charge in [0.05, 0.1) is 12.5 Å². The van der Waals surface area contributed by atoms with Crippen molar-refractivity contribution < 1.29 is 4.79 Å². The van der Waals surface area contributed by atoms with Crippen molar-refractivity contribution in [2.45, 2.75) is 25.7 Å². The minimum absolute atomic E-state index is 0.131. The van der Waals surface area contributed by atoms with Gasteiger partial charge in [0.25, 0.3) is 0 Å². The van der Waals surface area contributed by atoms with E-state index in [1.807, 2.05) is 6.07 Å². The Hall–Kier alpha value is -1.04. The van der Waals surface area contributed by atoms with E-state index in [-0.39, 0.29) is 11.8 Å². The highest BCUT2D eigenvalue weighted by molar-refractivity contribution is 5.79. The molecule has 0 aromatic rings. The first-order chi connectivity index (χ1) is 5.34. The lowest BCUT2D eigenvalue weighted by Gasteiger charge is -2.23. The van der Waals surface area contributed by atoms with Gasteiger partial charge in [-0.15, -0.1) is 0 Å². The van der Waals surface area contributed by atoms with E-state index in [0.717, 1.165) is 12.8 Å². The van der Waals surface area contributed by atoms with Gasteiger partial charge in [0, 0.05) is 12.5 Å². The van der Waals surface area contributed by atoms with Gasteiger partial charge in [-0.05, 0) is 12.8 Å². The van der Waals surface area contributed by atoms with Gasteiger partial charge in [0.15, 0.2) is 0 Å². The standard InChI is InChI=1S/C8H12N2O/c9-5-2-6-10-8(11)7-3-1-4-7/h7H,1-4,6H2,(H,10,11). The summed E-state index contributed by atoms with van der Waals surface area (Å²) in [6.45, 7) is 0.506. The summed E-state index contributed by atoms with van der Waals surface area (Å²) >= 11 is 0. The number of carbonyl (C=O) groups is 1. The molecule has 11 heavy (non-hydrogen) atoms. The van der Waals surface area contributed by atoms with E-state index in [9.17, 15) is 4.79 Å². The average Bonchev–Trinajstić information content (AvgIpc) is 1.84. The summed E-state index contributed by atoms with van der Waals surface area (Å²) in [6, 6.07) is 1.98. The number of nitrogens with zero attached hydrogens (tertiary/aromatic N) is 1. The lowest BCUT2D eigenvalue weighted by atomic mass is 9.85. The van der Waals surface area contributed by atoms with Crippen molar-refractivity contribution in [1.82, 2.24) is 5.32 Å². The molecule has 1 aliphatic rings. The van der Waals surface area contributed by atoms with E-state index in [0.29, 0.717) is 13.0 Å². The van der Waals surface area contributed by atoms with Gasteiger partial charge in [-0.1, -0.05) is 6.42 Å². The number of carbonyl (C=O) groups excluding carboxylic acids is 1. The number of nitrogens with one attached hydrogen (secondary N) is 1. The Labute approximate surface area is 66.4 Å². The minimum atomic E-state index is 0.131. The summed E-state index contributed by atoms with van der Waals surface area (Å²) in [4.78, 5) is 11.1. The van der Waals surface area contributed by atoms with Crippen LogP contribution in [-0.4, -0.2) is 12.5 Å². The van der Waals surface area contributed by atoms with Crippen molar-refractivity contribution >= 4 is 5.91 Å². The topological polar surface area (TPSA) is 52.9 Å². The molecular formula is C8H12N2O. The lowest BCUT2D eigenvalue weighted by molar-refractivity contribution is -0.127. The highest BCUT2D eigenvalue weighted by atomic mass is 16.1. The molecule has 1 saturated carbocycles. The molecule has 1 aliphatic carbocycles. The Morgan fingerprint density at radius 2 is 2.36 bits per heavy atom. The summed E-state index contributed by atoms with van der Waals surface area (Å²) in [5, 5.41) is 10.9. The van der Waals surface area contributed by atoms with Crippen molar-refractivity contribution in [3.63, 3.8) is 0 Å². The largest absolute Gasteiger partial charge is 0.355 e. The Kier molecular flexibility index (Phi) is 2.91. The number of rotatable bonds is 3. The Morgan fingerprint density at radius 3 is 2.82 bits per heavy atom. The van der Waals surface area contributed by atoms with Crippen molar-refractivity contribution in [2.75, 3.05) is 6.54 Å². The van der Waals surface area contributed by atoms with Gasteiger partial charge in [-0.3, -0.25) is 4.79 Å². The van der Waals surface area contributed by atoms with E-state index < -0.39 is 0 Å². The van der Waals surface area contributed by atoms with E-state index in [4.69, 9.17) is 5.26 Å². The van der Waals surface area contributed by atoms with Crippen LogP contribution in [0.25, 0.3) is 0 Å². The van der Waals surface area contributed by atoms with E-state index in [1.165, 1.54) is 6.42 Å². The highest BCUT2D eigenvalue weighted by Gasteiger charge is 2.24. The molecule has 3 nitrogen and oxygen atoms in total. The van der Waals surface area contributed by atoms with Gasteiger partial charge in [0.1, 0.15) is 0 Å². The predicted molar refractivity (Wildman–Crippen MR) is 40.6 cm³/mol. The molecule has 1 N–H and O–H groups in total. The summed E-state index contributed by atoms with van der Waals surface area (Å²) < 4.78 is 0. The number of nitriles is 1. The fourth-order valence-electron chi connectivity index (χ4n) is 1.06. The molecule has 0 heterocycles. The maximum atomic E-state index is 11.1. The fourth-order valence-corrected chi connectivity index (χ4v) is 1.06. The zero-order valence-electron chi connectivity index (χ0n) is 6.47. The normalized spacial score (nSPS) is 16.6. The van der Waals surface area contributed by atoms with Gasteiger partial charge in [-0.2, -0.15) is 5.26 Å². The summed E-state index contributed by atoms with van der Waals surface area (Å²) in [5.74, 6) is 0.375. The van der Waals surface area contributed by atoms with Crippen molar-refractivity contribution in [1.29, 1.82) is 5.26 Å². The molecule has 0 unspecified atom stereocenters. The minimum Gasteiger partial charge on any atom is -0.355 e. The molecule has 0 aromatic carbocycles. The molecule has 1 amide bonds. The van der Waals surface area contributed by atoms with E-state index in [2.05, 4.69) is 5.32 Å². The van der Waals surface area contributed by atoms with Crippen molar-refractivity contribution in [3.8, 4) is 6.07 Å². The van der Waals surface area contributed by atoms with Crippen LogP contribution in [0.15, 0.2) is 0 Å². The molecule has 60 valence electrons. The van der Waals surface area contributed by atoms with Crippen LogP contribution in [0.4, 0.5) is 0 Å². The molecule has 0 aromatic heterocycles. The molecule has 3 heteroatoms. The fraction of sp³-hybridized carbons (Fsp3) is 0.750. The average molecular weight is 152 g/mol. The Morgan fingerprint density at radius 1 is 1.64 bits per heavy atom. The predicted octanol–water partition coefficient (Wildman–Crippen LogP) is 0.816. The maximum Gasteiger partial charge on any atom is 0.223 e. The first-order valence-electron chi connectivity index (χ1n) is 3.99. The number of hydrogen-bond acceptors (Lipinski definition) is 2. The molecule has 0 bridgehead atoms. The number of hydrogen-bond donors (Lipinski definition) is 1. The monoisotopic (exact) mass is 152 g/mol. The van der Waals surface area contributed by atoms with Crippen LogP contribution >= 0.6 is 0 Å². The van der Waals surface area contributed by atoms with Crippen LogP contribution in [0.2, 0.25) is 0 Å². The van der Waals surface area contributed by atoms with Gasteiger partial charge < -0.3 is 5.32 Å². The smallest absolute Gasteiger partial charge is 0.223 e. The van der Waals surface area contributed by atoms with Crippen molar-refractivity contribution in [2.24, 2.45) is 5.92 Å². The molecule has 0 saturated heterocycles. The Bertz CT molecular complexity index is 179. The molecule has 0 atom stereocenters. The van der Waals surface area contributed by atoms with Crippen LogP contribution in [0.5, 0.6) is 0 Å². The third-order valence-corrected chi connectivity index (χ3v) is 2.01. The Balaban J connectivity index is 2.06. The summed E-state index contributed by atoms with van der Waals surface area (Å²) in [5.41, 5.74) is 0. The highest BCUT2D eigenvalue weighted by Crippen LogP contribution is 2.25. The quantitative estimate of drug-likeness (QED) is 0.608. The third-order valence-electron chi connectivity index (χ3n) is 2.01. The van der Waals surface area contributed by atoms with Crippen LogP contribution in [0.3, 0.4) is 0 Å². The van der Waals surface area contributed by atoms with Gasteiger partial charge in [-0.25, -0.2) is 0 Å². The summed E-state index contributed by atoms with van der Waals surface area (Å²) in [7, 11) is 0. The molecule has 0 spiro atoms. The van der Waals surface area contributed by atoms with Crippen LogP contribution in [-0.2, 0) is 4.79 Å². The van der Waals surface area contributed by atoms with Crippen LogP contribution in [0.1, 0.15) is 25.7 Å². The first-order valence-corrected chi connectivity index (χ1v) is 3.99. The zero-order chi connectivity index (χ0) is 8.10. The van der Waals surface area contributed by atoms with E-state index >= 15 is 0 Å². The van der Waals surface area contributed by atoms with Gasteiger partial charge >= 0.3 is 0 Å². The summed E-state index contributed by atoms with van der Waals surface area (Å²) in [6.07, 6.45) is 3.64. The maximum absolute atomic E-state index is 11.1. The third kappa shape index (κ3) is 2.23. The second kappa shape index (κ2) is 3.97. The number of amides is 1. The molecule has 0 aliphatic heterocycles. The molecule has 1 rings (SSSR count). The van der Waals surface area contributed by atoms with Gasteiger partial charge in [0.2, 0.25) is 5.91 Å². The zero-order valence-corrected chi connectivity index (χ0v) is 6.47. The first kappa shape index (κ1) is 8.06. The second-order valence-corrected chi connectivity index (χ2v) is 2.83. The van der Waals surface area contributed by atoms with E-state index in [1.54, 1.807) is 0 Å².